The summed E-state index contributed by atoms with van der Waals surface area (Å²) in [6, 6.07) is 24.3. The second kappa shape index (κ2) is 9.68. The Morgan fingerprint density at radius 2 is 1.29 bits per heavy atom. The number of rotatable bonds is 7. The number of phenolic OH excluding ortho intramolecular Hbond substituents is 1. The molecule has 0 aliphatic carbocycles. The van der Waals surface area contributed by atoms with Crippen molar-refractivity contribution >= 4 is 51.4 Å². The average Bonchev–Trinajstić information content (AvgIpc) is 2.77. The Kier molecular flexibility index (Phi) is 6.34. The molecular weight excluding hydrogens is 458 g/mol. The predicted molar refractivity (Wildman–Crippen MR) is 126 cm³/mol. The van der Waals surface area contributed by atoms with Crippen LogP contribution in [0.1, 0.15) is 5.56 Å². The smallest absolute Gasteiger partial charge is 0.250 e. The molecule has 0 bridgehead atoms. The molecule has 0 aliphatic rings. The standard InChI is InChI=1S/C22H18BrN7O/c23-16-11-12-19(31)15(13-16)14-24-30-22-28-20(25-17-7-3-1-4-8-17)27-21(29-22)26-18-9-5-2-6-10-18/h1-14,31H,(H3,25,26,27,28,29,30)/b24-14+. The summed E-state index contributed by atoms with van der Waals surface area (Å²) < 4.78 is 0.829. The lowest BCUT2D eigenvalue weighted by Gasteiger charge is -2.10. The van der Waals surface area contributed by atoms with Gasteiger partial charge in [0.25, 0.3) is 0 Å². The van der Waals surface area contributed by atoms with Crippen LogP contribution < -0.4 is 16.1 Å². The molecule has 0 fully saturated rings. The van der Waals surface area contributed by atoms with E-state index in [1.165, 1.54) is 6.21 Å². The van der Waals surface area contributed by atoms with Crippen molar-refractivity contribution in [2.75, 3.05) is 16.1 Å². The number of benzene rings is 3. The van der Waals surface area contributed by atoms with E-state index in [0.29, 0.717) is 17.5 Å². The Morgan fingerprint density at radius 1 is 0.742 bits per heavy atom. The number of hydrogen-bond donors (Lipinski definition) is 4. The van der Waals surface area contributed by atoms with Crippen LogP contribution in [0.4, 0.5) is 29.2 Å². The van der Waals surface area contributed by atoms with Gasteiger partial charge in [0.15, 0.2) is 0 Å². The molecule has 0 saturated heterocycles. The first-order valence-corrected chi connectivity index (χ1v) is 10.1. The minimum absolute atomic E-state index is 0.113. The van der Waals surface area contributed by atoms with Crippen LogP contribution in [-0.4, -0.2) is 26.3 Å². The fourth-order valence-corrected chi connectivity index (χ4v) is 3.01. The largest absolute Gasteiger partial charge is 0.507 e. The van der Waals surface area contributed by atoms with Crippen molar-refractivity contribution in [3.05, 3.63) is 88.9 Å². The quantitative estimate of drug-likeness (QED) is 0.213. The number of aromatic hydroxyl groups is 1. The van der Waals surface area contributed by atoms with Gasteiger partial charge in [0.1, 0.15) is 5.75 Å². The Hall–Kier alpha value is -3.98. The molecule has 0 radical (unpaired) electrons. The van der Waals surface area contributed by atoms with Crippen LogP contribution in [-0.2, 0) is 0 Å². The van der Waals surface area contributed by atoms with Crippen LogP contribution in [0.15, 0.2) is 88.4 Å². The summed E-state index contributed by atoms with van der Waals surface area (Å²) in [7, 11) is 0. The van der Waals surface area contributed by atoms with Crippen LogP contribution in [0.5, 0.6) is 5.75 Å². The SMILES string of the molecule is Oc1ccc(Br)cc1/C=N/Nc1nc(Nc2ccccc2)nc(Nc2ccccc2)n1. The number of halogens is 1. The zero-order chi connectivity index (χ0) is 21.5. The minimum atomic E-state index is 0.113. The molecule has 4 N–H and O–H groups in total. The summed E-state index contributed by atoms with van der Waals surface area (Å²) in [5.74, 6) is 1.05. The predicted octanol–water partition coefficient (Wildman–Crippen LogP) is 5.27. The molecule has 0 amide bonds. The topological polar surface area (TPSA) is 107 Å². The highest BCUT2D eigenvalue weighted by molar-refractivity contribution is 9.10. The molecule has 0 atom stereocenters. The molecule has 0 saturated carbocycles. The molecule has 0 unspecified atom stereocenters. The van der Waals surface area contributed by atoms with Crippen molar-refractivity contribution < 1.29 is 5.11 Å². The van der Waals surface area contributed by atoms with Gasteiger partial charge in [0, 0.05) is 21.4 Å². The lowest BCUT2D eigenvalue weighted by Crippen LogP contribution is -2.07. The van der Waals surface area contributed by atoms with Gasteiger partial charge in [-0.3, -0.25) is 0 Å². The second-order valence-corrected chi connectivity index (χ2v) is 7.28. The Bertz CT molecular complexity index is 1130. The van der Waals surface area contributed by atoms with E-state index in [0.717, 1.165) is 15.8 Å². The minimum Gasteiger partial charge on any atom is -0.507 e. The van der Waals surface area contributed by atoms with Gasteiger partial charge in [0.2, 0.25) is 17.8 Å². The summed E-state index contributed by atoms with van der Waals surface area (Å²) in [6.45, 7) is 0. The third-order valence-electron chi connectivity index (χ3n) is 4.05. The van der Waals surface area contributed by atoms with Gasteiger partial charge in [-0.2, -0.15) is 20.1 Å². The van der Waals surface area contributed by atoms with Crippen LogP contribution >= 0.6 is 15.9 Å². The van der Waals surface area contributed by atoms with Gasteiger partial charge in [0.05, 0.1) is 6.21 Å². The highest BCUT2D eigenvalue weighted by atomic mass is 79.9. The van der Waals surface area contributed by atoms with E-state index in [9.17, 15) is 5.11 Å². The van der Waals surface area contributed by atoms with Gasteiger partial charge >= 0.3 is 0 Å². The van der Waals surface area contributed by atoms with E-state index >= 15 is 0 Å². The van der Waals surface area contributed by atoms with Gasteiger partial charge in [-0.1, -0.05) is 52.3 Å². The summed E-state index contributed by atoms with van der Waals surface area (Å²) in [6.07, 6.45) is 1.48. The van der Waals surface area contributed by atoms with E-state index in [1.54, 1.807) is 18.2 Å². The number of anilines is 5. The van der Waals surface area contributed by atoms with Crippen LogP contribution in [0.25, 0.3) is 0 Å². The average molecular weight is 476 g/mol. The lowest BCUT2D eigenvalue weighted by atomic mass is 10.2. The zero-order valence-corrected chi connectivity index (χ0v) is 17.8. The molecule has 4 rings (SSSR count). The molecule has 0 aliphatic heterocycles. The highest BCUT2D eigenvalue weighted by Crippen LogP contribution is 2.21. The van der Waals surface area contributed by atoms with Crippen LogP contribution in [0, 0.1) is 0 Å². The number of hydrazone groups is 1. The maximum absolute atomic E-state index is 9.95. The van der Waals surface area contributed by atoms with Crippen molar-refractivity contribution in [3.63, 3.8) is 0 Å². The number of aromatic nitrogens is 3. The lowest BCUT2D eigenvalue weighted by molar-refractivity contribution is 0.474. The third-order valence-corrected chi connectivity index (χ3v) is 4.55. The molecule has 9 heteroatoms. The zero-order valence-electron chi connectivity index (χ0n) is 16.2. The molecule has 8 nitrogen and oxygen atoms in total. The number of para-hydroxylation sites is 2. The number of nitrogens with zero attached hydrogens (tertiary/aromatic N) is 4. The monoisotopic (exact) mass is 475 g/mol. The molecule has 1 aromatic heterocycles. The first-order chi connectivity index (χ1) is 15.2. The molecular formula is C22H18BrN7O. The number of nitrogens with one attached hydrogen (secondary N) is 3. The van der Waals surface area contributed by atoms with Gasteiger partial charge in [-0.15, -0.1) is 0 Å². The Balaban J connectivity index is 1.59. The van der Waals surface area contributed by atoms with Crippen LogP contribution in [0.2, 0.25) is 0 Å². The Labute approximate surface area is 187 Å². The maximum atomic E-state index is 9.95. The normalized spacial score (nSPS) is 10.7. The molecule has 3 aromatic carbocycles. The van der Waals surface area contributed by atoms with Crippen LogP contribution in [0.3, 0.4) is 0 Å². The van der Waals surface area contributed by atoms with E-state index in [4.69, 9.17) is 0 Å². The van der Waals surface area contributed by atoms with Gasteiger partial charge in [-0.05, 0) is 42.5 Å². The second-order valence-electron chi connectivity index (χ2n) is 6.36. The van der Waals surface area contributed by atoms with E-state index in [-0.39, 0.29) is 11.7 Å². The molecule has 4 aromatic rings. The van der Waals surface area contributed by atoms with Crippen molar-refractivity contribution in [2.24, 2.45) is 5.10 Å². The Morgan fingerprint density at radius 3 is 1.87 bits per heavy atom. The van der Waals surface area contributed by atoms with Crippen molar-refractivity contribution in [1.29, 1.82) is 0 Å². The van der Waals surface area contributed by atoms with Gasteiger partial charge in [-0.25, -0.2) is 5.43 Å². The molecule has 31 heavy (non-hydrogen) atoms. The number of phenols is 1. The third kappa shape index (κ3) is 5.77. The summed E-state index contributed by atoms with van der Waals surface area (Å²) in [5.41, 5.74) is 5.02. The molecule has 1 heterocycles. The fraction of sp³-hybridized carbons (Fsp3) is 0. The number of hydrogen-bond acceptors (Lipinski definition) is 8. The molecule has 154 valence electrons. The first-order valence-electron chi connectivity index (χ1n) is 9.33. The van der Waals surface area contributed by atoms with Gasteiger partial charge < -0.3 is 15.7 Å². The van der Waals surface area contributed by atoms with Crippen molar-refractivity contribution in [3.8, 4) is 5.75 Å². The highest BCUT2D eigenvalue weighted by Gasteiger charge is 2.07. The van der Waals surface area contributed by atoms with E-state index < -0.39 is 0 Å². The molecule has 0 spiro atoms. The summed E-state index contributed by atoms with van der Waals surface area (Å²) >= 11 is 3.37. The van der Waals surface area contributed by atoms with Crippen molar-refractivity contribution in [2.45, 2.75) is 0 Å². The first kappa shape index (κ1) is 20.3. The van der Waals surface area contributed by atoms with E-state index in [1.807, 2.05) is 60.7 Å². The summed E-state index contributed by atoms with van der Waals surface area (Å²) in [4.78, 5) is 13.2. The maximum Gasteiger partial charge on any atom is 0.250 e. The fourth-order valence-electron chi connectivity index (χ4n) is 2.63. The summed E-state index contributed by atoms with van der Waals surface area (Å²) in [5, 5.41) is 20.4. The van der Waals surface area contributed by atoms with E-state index in [2.05, 4.69) is 52.0 Å². The van der Waals surface area contributed by atoms with Crippen molar-refractivity contribution in [1.82, 2.24) is 15.0 Å².